The Morgan fingerprint density at radius 3 is 2.52 bits per heavy atom. The van der Waals surface area contributed by atoms with E-state index in [1.165, 1.54) is 6.33 Å². The largest absolute Gasteiger partial charge is 0.480 e. The van der Waals surface area contributed by atoms with Crippen molar-refractivity contribution >= 4 is 12.0 Å². The Kier molecular flexibility index (Phi) is 6.71. The molecular formula is C14H24N4O3. The molecule has 7 nitrogen and oxygen atoms in total. The minimum Gasteiger partial charge on any atom is -0.480 e. The molecule has 118 valence electrons. The Labute approximate surface area is 124 Å². The number of imidazole rings is 1. The highest BCUT2D eigenvalue weighted by Gasteiger charge is 2.21. The molecule has 0 aliphatic carbocycles. The molecule has 0 spiro atoms. The average molecular weight is 296 g/mol. The zero-order chi connectivity index (χ0) is 15.8. The summed E-state index contributed by atoms with van der Waals surface area (Å²) in [6.45, 7) is 6.15. The minimum atomic E-state index is -1.07. The van der Waals surface area contributed by atoms with Gasteiger partial charge in [-0.05, 0) is 25.7 Å². The standard InChI is InChI=1S/C14H24N4O3/c1-9(2)4-5-10(3)17-14(21)18-12(13(19)20)6-11-7-15-8-16-11/h7-10,12H,4-6H2,1-3H3,(H,15,16)(H,19,20)(H2,17,18,21). The van der Waals surface area contributed by atoms with E-state index in [0.717, 1.165) is 12.8 Å². The van der Waals surface area contributed by atoms with E-state index in [9.17, 15) is 9.59 Å². The molecule has 2 unspecified atom stereocenters. The molecule has 0 aromatic carbocycles. The number of nitrogens with one attached hydrogen (secondary N) is 3. The Morgan fingerprint density at radius 1 is 1.29 bits per heavy atom. The van der Waals surface area contributed by atoms with Crippen molar-refractivity contribution in [1.29, 1.82) is 0 Å². The van der Waals surface area contributed by atoms with E-state index in [4.69, 9.17) is 5.11 Å². The van der Waals surface area contributed by atoms with Gasteiger partial charge in [-0.25, -0.2) is 14.6 Å². The van der Waals surface area contributed by atoms with Crippen molar-refractivity contribution < 1.29 is 14.7 Å². The monoisotopic (exact) mass is 296 g/mol. The summed E-state index contributed by atoms with van der Waals surface area (Å²) in [6.07, 6.45) is 5.06. The lowest BCUT2D eigenvalue weighted by molar-refractivity contribution is -0.139. The SMILES string of the molecule is CC(C)CCC(C)NC(=O)NC(Cc1cnc[nH]1)C(=O)O. The van der Waals surface area contributed by atoms with Crippen molar-refractivity contribution in [2.24, 2.45) is 5.92 Å². The highest BCUT2D eigenvalue weighted by molar-refractivity contribution is 5.82. The second-order valence-electron chi connectivity index (χ2n) is 5.66. The van der Waals surface area contributed by atoms with Crippen molar-refractivity contribution in [2.75, 3.05) is 0 Å². The molecule has 0 radical (unpaired) electrons. The van der Waals surface area contributed by atoms with Gasteiger partial charge in [-0.15, -0.1) is 0 Å². The Bertz CT molecular complexity index is 445. The third kappa shape index (κ3) is 6.78. The molecule has 7 heteroatoms. The molecule has 1 rings (SSSR count). The average Bonchev–Trinajstić information content (AvgIpc) is 2.88. The van der Waals surface area contributed by atoms with Crippen LogP contribution in [0.2, 0.25) is 0 Å². The van der Waals surface area contributed by atoms with Crippen LogP contribution in [-0.2, 0) is 11.2 Å². The third-order valence-electron chi connectivity index (χ3n) is 3.14. The molecule has 1 aromatic heterocycles. The van der Waals surface area contributed by atoms with Crippen molar-refractivity contribution in [3.05, 3.63) is 18.2 Å². The van der Waals surface area contributed by atoms with Crippen LogP contribution in [0.4, 0.5) is 4.79 Å². The number of carbonyl (C=O) groups is 2. The number of aromatic nitrogens is 2. The molecule has 2 atom stereocenters. The lowest BCUT2D eigenvalue weighted by Crippen LogP contribution is -2.49. The zero-order valence-corrected chi connectivity index (χ0v) is 12.7. The van der Waals surface area contributed by atoms with E-state index in [1.54, 1.807) is 6.20 Å². The molecular weight excluding hydrogens is 272 g/mol. The first-order valence-corrected chi connectivity index (χ1v) is 7.15. The summed E-state index contributed by atoms with van der Waals surface area (Å²) in [7, 11) is 0. The second kappa shape index (κ2) is 8.28. The maximum atomic E-state index is 11.8. The van der Waals surface area contributed by atoms with E-state index in [0.29, 0.717) is 11.6 Å². The summed E-state index contributed by atoms with van der Waals surface area (Å²) in [5.74, 6) is -0.501. The molecule has 0 aliphatic heterocycles. The summed E-state index contributed by atoms with van der Waals surface area (Å²) in [6, 6.07) is -1.44. The Balaban J connectivity index is 2.43. The molecule has 2 amide bonds. The molecule has 1 aromatic rings. The molecule has 0 fully saturated rings. The van der Waals surface area contributed by atoms with Gasteiger partial charge in [0, 0.05) is 24.4 Å². The maximum Gasteiger partial charge on any atom is 0.326 e. The molecule has 0 aliphatic rings. The van der Waals surface area contributed by atoms with Crippen LogP contribution in [0.5, 0.6) is 0 Å². The summed E-state index contributed by atoms with van der Waals surface area (Å²) in [5, 5.41) is 14.4. The number of carbonyl (C=O) groups excluding carboxylic acids is 1. The van der Waals surface area contributed by atoms with Crippen LogP contribution in [0, 0.1) is 5.92 Å². The fourth-order valence-electron chi connectivity index (χ4n) is 1.90. The quantitative estimate of drug-likeness (QED) is 0.583. The first kappa shape index (κ1) is 17.0. The van der Waals surface area contributed by atoms with Gasteiger partial charge in [-0.3, -0.25) is 0 Å². The lowest BCUT2D eigenvalue weighted by atomic mass is 10.0. The van der Waals surface area contributed by atoms with Crippen molar-refractivity contribution in [3.63, 3.8) is 0 Å². The van der Waals surface area contributed by atoms with Crippen LogP contribution in [0.25, 0.3) is 0 Å². The van der Waals surface area contributed by atoms with Crippen LogP contribution in [-0.4, -0.2) is 39.2 Å². The summed E-state index contributed by atoms with van der Waals surface area (Å²) < 4.78 is 0. The van der Waals surface area contributed by atoms with Crippen LogP contribution in [0.15, 0.2) is 12.5 Å². The highest BCUT2D eigenvalue weighted by atomic mass is 16.4. The first-order valence-electron chi connectivity index (χ1n) is 7.15. The molecule has 21 heavy (non-hydrogen) atoms. The number of nitrogens with zero attached hydrogens (tertiary/aromatic N) is 1. The summed E-state index contributed by atoms with van der Waals surface area (Å²) in [4.78, 5) is 29.7. The number of carboxylic acid groups (broad SMARTS) is 1. The number of aliphatic carboxylic acids is 1. The number of amides is 2. The van der Waals surface area contributed by atoms with Gasteiger partial charge in [0.25, 0.3) is 0 Å². The normalized spacial score (nSPS) is 13.7. The van der Waals surface area contributed by atoms with Gasteiger partial charge in [0.15, 0.2) is 0 Å². The van der Waals surface area contributed by atoms with Crippen molar-refractivity contribution in [3.8, 4) is 0 Å². The molecule has 0 saturated heterocycles. The van der Waals surface area contributed by atoms with Gasteiger partial charge in [-0.2, -0.15) is 0 Å². The topological polar surface area (TPSA) is 107 Å². The number of urea groups is 1. The first-order chi connectivity index (χ1) is 9.88. The van der Waals surface area contributed by atoms with Crippen LogP contribution < -0.4 is 10.6 Å². The molecule has 0 bridgehead atoms. The smallest absolute Gasteiger partial charge is 0.326 e. The number of carboxylic acids is 1. The van der Waals surface area contributed by atoms with Gasteiger partial charge in [0.1, 0.15) is 6.04 Å². The van der Waals surface area contributed by atoms with Gasteiger partial charge < -0.3 is 20.7 Å². The van der Waals surface area contributed by atoms with E-state index in [2.05, 4.69) is 34.4 Å². The van der Waals surface area contributed by atoms with Gasteiger partial charge in [0.05, 0.1) is 6.33 Å². The molecule has 0 saturated carbocycles. The van der Waals surface area contributed by atoms with Crippen LogP contribution in [0.1, 0.15) is 39.3 Å². The van der Waals surface area contributed by atoms with Gasteiger partial charge in [-0.1, -0.05) is 13.8 Å². The highest BCUT2D eigenvalue weighted by Crippen LogP contribution is 2.06. The number of hydrogen-bond acceptors (Lipinski definition) is 3. The van der Waals surface area contributed by atoms with E-state index in [-0.39, 0.29) is 12.5 Å². The van der Waals surface area contributed by atoms with Crippen molar-refractivity contribution in [1.82, 2.24) is 20.6 Å². The predicted octanol–water partition coefficient (Wildman–Crippen LogP) is 1.53. The second-order valence-corrected chi connectivity index (χ2v) is 5.66. The number of aromatic amines is 1. The molecule has 1 heterocycles. The maximum absolute atomic E-state index is 11.8. The van der Waals surface area contributed by atoms with Gasteiger partial charge in [0.2, 0.25) is 0 Å². The predicted molar refractivity (Wildman–Crippen MR) is 78.9 cm³/mol. The fraction of sp³-hybridized carbons (Fsp3) is 0.643. The number of rotatable bonds is 8. The number of hydrogen-bond donors (Lipinski definition) is 4. The third-order valence-corrected chi connectivity index (χ3v) is 3.14. The Morgan fingerprint density at radius 2 is 2.00 bits per heavy atom. The van der Waals surface area contributed by atoms with Crippen LogP contribution in [0.3, 0.4) is 0 Å². The van der Waals surface area contributed by atoms with Crippen LogP contribution >= 0.6 is 0 Å². The fourth-order valence-corrected chi connectivity index (χ4v) is 1.90. The molecule has 4 N–H and O–H groups in total. The summed E-state index contributed by atoms with van der Waals surface area (Å²) in [5.41, 5.74) is 0.663. The van der Waals surface area contributed by atoms with Gasteiger partial charge >= 0.3 is 12.0 Å². The van der Waals surface area contributed by atoms with E-state index >= 15 is 0 Å². The van der Waals surface area contributed by atoms with Crippen molar-refractivity contribution in [2.45, 2.75) is 52.1 Å². The zero-order valence-electron chi connectivity index (χ0n) is 12.7. The lowest BCUT2D eigenvalue weighted by Gasteiger charge is -2.18. The Hall–Kier alpha value is -2.05. The minimum absolute atomic E-state index is 0.00833. The summed E-state index contributed by atoms with van der Waals surface area (Å²) >= 11 is 0. The van der Waals surface area contributed by atoms with E-state index in [1.807, 2.05) is 6.92 Å². The number of H-pyrrole nitrogens is 1. The van der Waals surface area contributed by atoms with E-state index < -0.39 is 18.0 Å².